The zero-order valence-corrected chi connectivity index (χ0v) is 17.1. The van der Waals surface area contributed by atoms with Gasteiger partial charge in [0.25, 0.3) is 5.91 Å². The van der Waals surface area contributed by atoms with Crippen LogP contribution in [0.2, 0.25) is 0 Å². The van der Waals surface area contributed by atoms with Gasteiger partial charge in [0.05, 0.1) is 21.7 Å². The molecule has 9 nitrogen and oxygen atoms in total. The molecule has 1 heterocycles. The molecule has 3 N–H and O–H groups in total. The van der Waals surface area contributed by atoms with Crippen LogP contribution in [0.15, 0.2) is 47.4 Å². The van der Waals surface area contributed by atoms with E-state index in [0.29, 0.717) is 5.56 Å². The van der Waals surface area contributed by atoms with Crippen LogP contribution in [0.25, 0.3) is 6.08 Å². The Kier molecular flexibility index (Phi) is 6.37. The molecule has 3 rings (SSSR count). The molecule has 1 saturated heterocycles. The molecule has 1 aliphatic heterocycles. The Morgan fingerprint density at radius 1 is 1.03 bits per heavy atom. The van der Waals surface area contributed by atoms with E-state index in [4.69, 9.17) is 22.1 Å². The summed E-state index contributed by atoms with van der Waals surface area (Å²) in [6.07, 6.45) is 1.47. The number of nitrogens with zero attached hydrogens (tertiary/aromatic N) is 1. The number of thioether (sulfide) groups is 1. The van der Waals surface area contributed by atoms with Crippen molar-refractivity contribution in [2.24, 2.45) is 0 Å². The van der Waals surface area contributed by atoms with E-state index in [1.165, 1.54) is 6.08 Å². The highest BCUT2D eigenvalue weighted by atomic mass is 32.2. The molecule has 2 aromatic carbocycles. The fraction of sp³-hybridized carbons (Fsp3) is 0.0500. The summed E-state index contributed by atoms with van der Waals surface area (Å²) in [6, 6.07) is 9.79. The largest absolute Gasteiger partial charge is 0.481 e. The van der Waals surface area contributed by atoms with Crippen LogP contribution in [-0.4, -0.2) is 50.1 Å². The van der Waals surface area contributed by atoms with E-state index in [1.807, 2.05) is 0 Å². The standard InChI is InChI=1S/C20H13NO8S2/c22-16(23)9-29-14-4-2-1-3-10(14)8-15-17(24)21(20(30)31-15)13-6-11(18(25)26)5-12(7-13)19(27)28/h1-8H,9H2,(H,22,23)(H,25,26)(H,27,28)/b15-8-. The summed E-state index contributed by atoms with van der Waals surface area (Å²) < 4.78 is 5.31. The van der Waals surface area contributed by atoms with Gasteiger partial charge in [-0.2, -0.15) is 0 Å². The Hall–Kier alpha value is -3.70. The highest BCUT2D eigenvalue weighted by molar-refractivity contribution is 8.27. The smallest absolute Gasteiger partial charge is 0.341 e. The number of carboxylic acids is 3. The van der Waals surface area contributed by atoms with E-state index in [1.54, 1.807) is 24.3 Å². The molecule has 0 aliphatic carbocycles. The highest BCUT2D eigenvalue weighted by Crippen LogP contribution is 2.37. The molecule has 11 heteroatoms. The molecular weight excluding hydrogens is 446 g/mol. The molecule has 2 aromatic rings. The Morgan fingerprint density at radius 3 is 2.23 bits per heavy atom. The molecule has 0 saturated carbocycles. The van der Waals surface area contributed by atoms with Crippen molar-refractivity contribution < 1.29 is 39.2 Å². The highest BCUT2D eigenvalue weighted by Gasteiger charge is 2.34. The summed E-state index contributed by atoms with van der Waals surface area (Å²) in [5, 5.41) is 27.3. The number of ether oxygens (including phenoxy) is 1. The normalized spacial score (nSPS) is 14.7. The van der Waals surface area contributed by atoms with Crippen molar-refractivity contribution in [2.75, 3.05) is 11.5 Å². The van der Waals surface area contributed by atoms with Crippen LogP contribution in [0.5, 0.6) is 5.75 Å². The lowest BCUT2D eigenvalue weighted by molar-refractivity contribution is -0.139. The fourth-order valence-corrected chi connectivity index (χ4v) is 3.98. The number of thiocarbonyl (C=S) groups is 1. The molecule has 1 fully saturated rings. The van der Waals surface area contributed by atoms with Crippen LogP contribution in [0.3, 0.4) is 0 Å². The third kappa shape index (κ3) is 4.90. The third-order valence-electron chi connectivity index (χ3n) is 4.02. The van der Waals surface area contributed by atoms with Gasteiger partial charge in [-0.1, -0.05) is 42.2 Å². The number of hydrogen-bond acceptors (Lipinski definition) is 7. The number of amides is 1. The van der Waals surface area contributed by atoms with Crippen molar-refractivity contribution in [3.05, 3.63) is 64.1 Å². The molecule has 1 amide bonds. The number of carbonyl (C=O) groups is 4. The van der Waals surface area contributed by atoms with Gasteiger partial charge in [-0.3, -0.25) is 9.69 Å². The van der Waals surface area contributed by atoms with Gasteiger partial charge in [0.2, 0.25) is 0 Å². The topological polar surface area (TPSA) is 141 Å². The average Bonchev–Trinajstić information content (AvgIpc) is 2.99. The van der Waals surface area contributed by atoms with Crippen molar-refractivity contribution in [1.82, 2.24) is 0 Å². The SMILES string of the molecule is O=C(O)COc1ccccc1/C=C1\SC(=S)N(c2cc(C(=O)O)cc(C(=O)O)c2)C1=O. The van der Waals surface area contributed by atoms with Crippen molar-refractivity contribution in [3.8, 4) is 5.75 Å². The second-order valence-electron chi connectivity index (χ2n) is 6.12. The van der Waals surface area contributed by atoms with Crippen LogP contribution < -0.4 is 9.64 Å². The number of aromatic carboxylic acids is 2. The van der Waals surface area contributed by atoms with Crippen molar-refractivity contribution >= 4 is 63.9 Å². The lowest BCUT2D eigenvalue weighted by Gasteiger charge is -2.16. The van der Waals surface area contributed by atoms with Gasteiger partial charge in [-0.25, -0.2) is 14.4 Å². The zero-order chi connectivity index (χ0) is 22.7. The van der Waals surface area contributed by atoms with Crippen molar-refractivity contribution in [3.63, 3.8) is 0 Å². The number of benzene rings is 2. The molecule has 0 atom stereocenters. The average molecular weight is 459 g/mol. The number of carbonyl (C=O) groups excluding carboxylic acids is 1. The van der Waals surface area contributed by atoms with Gasteiger partial charge < -0.3 is 20.1 Å². The number of aliphatic carboxylic acids is 1. The fourth-order valence-electron chi connectivity index (χ4n) is 2.69. The van der Waals surface area contributed by atoms with E-state index >= 15 is 0 Å². The summed E-state index contributed by atoms with van der Waals surface area (Å²) in [5.41, 5.74) is -0.158. The lowest BCUT2D eigenvalue weighted by Crippen LogP contribution is -2.28. The third-order valence-corrected chi connectivity index (χ3v) is 5.32. The van der Waals surface area contributed by atoms with Crippen LogP contribution >= 0.6 is 24.0 Å². The van der Waals surface area contributed by atoms with Gasteiger partial charge in [0, 0.05) is 5.56 Å². The van der Waals surface area contributed by atoms with E-state index < -0.39 is 30.4 Å². The van der Waals surface area contributed by atoms with E-state index in [2.05, 4.69) is 0 Å². The maximum Gasteiger partial charge on any atom is 0.341 e. The first-order chi connectivity index (χ1) is 14.7. The first kappa shape index (κ1) is 22.0. The number of carboxylic acid groups (broad SMARTS) is 3. The quantitative estimate of drug-likeness (QED) is 0.418. The second kappa shape index (κ2) is 8.98. The minimum Gasteiger partial charge on any atom is -0.481 e. The van der Waals surface area contributed by atoms with E-state index in [0.717, 1.165) is 34.9 Å². The summed E-state index contributed by atoms with van der Waals surface area (Å²) >= 11 is 6.19. The van der Waals surface area contributed by atoms with Crippen LogP contribution in [0.1, 0.15) is 26.3 Å². The van der Waals surface area contributed by atoms with Crippen molar-refractivity contribution in [1.29, 1.82) is 0 Å². The summed E-state index contributed by atoms with van der Waals surface area (Å²) in [5.74, 6) is -4.20. The number of para-hydroxylation sites is 1. The molecular formula is C20H13NO8S2. The Labute approximate surface area is 184 Å². The van der Waals surface area contributed by atoms with Gasteiger partial charge >= 0.3 is 17.9 Å². The van der Waals surface area contributed by atoms with Crippen LogP contribution in [-0.2, 0) is 9.59 Å². The van der Waals surface area contributed by atoms with Gasteiger partial charge in [-0.05, 0) is 30.3 Å². The predicted octanol–water partition coefficient (Wildman–Crippen LogP) is 2.95. The maximum absolute atomic E-state index is 13.0. The van der Waals surface area contributed by atoms with Crippen LogP contribution in [0.4, 0.5) is 5.69 Å². The Morgan fingerprint density at radius 2 is 1.65 bits per heavy atom. The zero-order valence-electron chi connectivity index (χ0n) is 15.5. The number of rotatable bonds is 7. The molecule has 0 aromatic heterocycles. The van der Waals surface area contributed by atoms with Gasteiger partial charge in [0.15, 0.2) is 10.9 Å². The predicted molar refractivity (Wildman–Crippen MR) is 116 cm³/mol. The molecule has 0 radical (unpaired) electrons. The van der Waals surface area contributed by atoms with E-state index in [9.17, 15) is 29.4 Å². The van der Waals surface area contributed by atoms with E-state index in [-0.39, 0.29) is 31.8 Å². The molecule has 0 spiro atoms. The number of anilines is 1. The Balaban J connectivity index is 1.98. The molecule has 1 aliphatic rings. The second-order valence-corrected chi connectivity index (χ2v) is 7.79. The summed E-state index contributed by atoms with van der Waals surface area (Å²) in [6.45, 7) is -0.564. The van der Waals surface area contributed by atoms with Gasteiger partial charge in [-0.15, -0.1) is 0 Å². The first-order valence-electron chi connectivity index (χ1n) is 8.50. The van der Waals surface area contributed by atoms with Gasteiger partial charge in [0.1, 0.15) is 5.75 Å². The molecule has 0 bridgehead atoms. The van der Waals surface area contributed by atoms with Crippen molar-refractivity contribution in [2.45, 2.75) is 0 Å². The molecule has 31 heavy (non-hydrogen) atoms. The molecule has 158 valence electrons. The minimum atomic E-state index is -1.35. The van der Waals surface area contributed by atoms with Crippen LogP contribution in [0, 0.1) is 0 Å². The lowest BCUT2D eigenvalue weighted by atomic mass is 10.1. The number of hydrogen-bond donors (Lipinski definition) is 3. The Bertz CT molecular complexity index is 1130. The summed E-state index contributed by atoms with van der Waals surface area (Å²) in [4.78, 5) is 47.7. The summed E-state index contributed by atoms with van der Waals surface area (Å²) in [7, 11) is 0. The maximum atomic E-state index is 13.0. The first-order valence-corrected chi connectivity index (χ1v) is 9.73. The monoisotopic (exact) mass is 459 g/mol. The molecule has 0 unspecified atom stereocenters. The minimum absolute atomic E-state index is 0.0126.